The maximum Gasteiger partial charge on any atom is 0.245 e. The molecule has 168 valence electrons. The second kappa shape index (κ2) is 9.97. The van der Waals surface area contributed by atoms with Crippen molar-refractivity contribution in [3.8, 4) is 5.75 Å². The molecule has 0 aliphatic carbocycles. The summed E-state index contributed by atoms with van der Waals surface area (Å²) in [4.78, 5) is 13.2. The Balaban J connectivity index is 1.93. The van der Waals surface area contributed by atoms with Gasteiger partial charge in [-0.3, -0.25) is 4.79 Å². The summed E-state index contributed by atoms with van der Waals surface area (Å²) in [6.07, 6.45) is 0.199. The average Bonchev–Trinajstić information content (AvgIpc) is 2.73. The van der Waals surface area contributed by atoms with Crippen LogP contribution >= 0.6 is 0 Å². The molecule has 3 aromatic carbocycles. The zero-order valence-electron chi connectivity index (χ0n) is 18.7. The summed E-state index contributed by atoms with van der Waals surface area (Å²) in [5.41, 5.74) is 4.24. The number of carbonyl (C=O) groups excluding carboxylic acids is 1. The van der Waals surface area contributed by atoms with Gasteiger partial charge in [-0.2, -0.15) is 4.72 Å². The SMILES string of the molecule is COc1ccc(C)cc1S(=O)(=O)N[C@H](Cc1ccccc1)C(=O)Nc1cc(C)cc(C)c1. The molecule has 7 heteroatoms. The van der Waals surface area contributed by atoms with Crippen LogP contribution in [0, 0.1) is 20.8 Å². The summed E-state index contributed by atoms with van der Waals surface area (Å²) >= 11 is 0. The van der Waals surface area contributed by atoms with E-state index in [-0.39, 0.29) is 17.1 Å². The molecule has 1 amide bonds. The van der Waals surface area contributed by atoms with Crippen LogP contribution in [0.2, 0.25) is 0 Å². The molecule has 0 spiro atoms. The van der Waals surface area contributed by atoms with E-state index in [1.165, 1.54) is 13.2 Å². The second-order valence-electron chi connectivity index (χ2n) is 7.88. The van der Waals surface area contributed by atoms with Gasteiger partial charge in [0.05, 0.1) is 7.11 Å². The first-order valence-electron chi connectivity index (χ1n) is 10.3. The molecule has 1 atom stereocenters. The lowest BCUT2D eigenvalue weighted by atomic mass is 10.1. The van der Waals surface area contributed by atoms with Gasteiger partial charge in [0.25, 0.3) is 0 Å². The summed E-state index contributed by atoms with van der Waals surface area (Å²) in [6.45, 7) is 5.68. The van der Waals surface area contributed by atoms with E-state index in [1.54, 1.807) is 19.1 Å². The predicted molar refractivity (Wildman–Crippen MR) is 127 cm³/mol. The van der Waals surface area contributed by atoms with Crippen molar-refractivity contribution < 1.29 is 17.9 Å². The van der Waals surface area contributed by atoms with Crippen LogP contribution in [0.25, 0.3) is 0 Å². The first-order chi connectivity index (χ1) is 15.2. The molecular formula is C25H28N2O4S. The van der Waals surface area contributed by atoms with Crippen molar-refractivity contribution in [3.63, 3.8) is 0 Å². The van der Waals surface area contributed by atoms with Gasteiger partial charge in [0.2, 0.25) is 15.9 Å². The third kappa shape index (κ3) is 5.96. The molecule has 0 radical (unpaired) electrons. The van der Waals surface area contributed by atoms with E-state index in [9.17, 15) is 13.2 Å². The summed E-state index contributed by atoms with van der Waals surface area (Å²) in [7, 11) is -2.62. The third-order valence-electron chi connectivity index (χ3n) is 4.99. The van der Waals surface area contributed by atoms with Gasteiger partial charge < -0.3 is 10.1 Å². The molecule has 0 unspecified atom stereocenters. The minimum Gasteiger partial charge on any atom is -0.495 e. The number of nitrogens with one attached hydrogen (secondary N) is 2. The smallest absolute Gasteiger partial charge is 0.245 e. The minimum atomic E-state index is -4.03. The Morgan fingerprint density at radius 3 is 2.19 bits per heavy atom. The van der Waals surface area contributed by atoms with Crippen LogP contribution in [0.4, 0.5) is 5.69 Å². The Kier molecular flexibility index (Phi) is 7.33. The van der Waals surface area contributed by atoms with Gasteiger partial charge in [-0.15, -0.1) is 0 Å². The predicted octanol–water partition coefficient (Wildman–Crippen LogP) is 4.15. The Bertz CT molecular complexity index is 1190. The number of aryl methyl sites for hydroxylation is 3. The van der Waals surface area contributed by atoms with Gasteiger partial charge >= 0.3 is 0 Å². The summed E-state index contributed by atoms with van der Waals surface area (Å²) in [5, 5.41) is 2.86. The fourth-order valence-electron chi connectivity index (χ4n) is 3.56. The molecule has 32 heavy (non-hydrogen) atoms. The van der Waals surface area contributed by atoms with E-state index in [0.717, 1.165) is 22.3 Å². The maximum atomic E-state index is 13.3. The van der Waals surface area contributed by atoms with Crippen LogP contribution in [0.5, 0.6) is 5.75 Å². The molecule has 0 aliphatic heterocycles. The van der Waals surface area contributed by atoms with E-state index in [2.05, 4.69) is 10.0 Å². The molecule has 2 N–H and O–H groups in total. The molecular weight excluding hydrogens is 424 g/mol. The quantitative estimate of drug-likeness (QED) is 0.538. The lowest BCUT2D eigenvalue weighted by Gasteiger charge is -2.20. The van der Waals surface area contributed by atoms with Gasteiger partial charge in [-0.25, -0.2) is 8.42 Å². The number of hydrogen-bond donors (Lipinski definition) is 2. The normalized spacial score (nSPS) is 12.2. The molecule has 0 bridgehead atoms. The minimum absolute atomic E-state index is 0.00254. The largest absolute Gasteiger partial charge is 0.495 e. The first kappa shape index (κ1) is 23.5. The fraction of sp³-hybridized carbons (Fsp3) is 0.240. The Morgan fingerprint density at radius 1 is 0.906 bits per heavy atom. The van der Waals surface area contributed by atoms with Crippen molar-refractivity contribution >= 4 is 21.6 Å². The average molecular weight is 453 g/mol. The van der Waals surface area contributed by atoms with Gasteiger partial charge in [-0.05, 0) is 73.7 Å². The van der Waals surface area contributed by atoms with E-state index >= 15 is 0 Å². The van der Waals surface area contributed by atoms with Crippen molar-refractivity contribution in [1.29, 1.82) is 0 Å². The highest BCUT2D eigenvalue weighted by atomic mass is 32.2. The van der Waals surface area contributed by atoms with Crippen LogP contribution in [0.3, 0.4) is 0 Å². The Labute approximate surface area is 189 Å². The number of benzene rings is 3. The molecule has 3 aromatic rings. The zero-order chi connectivity index (χ0) is 23.3. The Hall–Kier alpha value is -3.16. The number of amides is 1. The molecule has 0 aliphatic rings. The monoisotopic (exact) mass is 452 g/mol. The van der Waals surface area contributed by atoms with Gasteiger partial charge in [0.1, 0.15) is 16.7 Å². The molecule has 6 nitrogen and oxygen atoms in total. The zero-order valence-corrected chi connectivity index (χ0v) is 19.5. The van der Waals surface area contributed by atoms with E-state index < -0.39 is 22.0 Å². The van der Waals surface area contributed by atoms with Crippen LogP contribution in [0.15, 0.2) is 71.6 Å². The number of hydrogen-bond acceptors (Lipinski definition) is 4. The molecule has 0 saturated carbocycles. The summed E-state index contributed by atoms with van der Waals surface area (Å²) in [6, 6.07) is 18.9. The highest BCUT2D eigenvalue weighted by Gasteiger charge is 2.28. The maximum absolute atomic E-state index is 13.3. The number of carbonyl (C=O) groups is 1. The van der Waals surface area contributed by atoms with Crippen molar-refractivity contribution in [2.75, 3.05) is 12.4 Å². The van der Waals surface area contributed by atoms with Crippen molar-refractivity contribution in [3.05, 3.63) is 89.0 Å². The van der Waals surface area contributed by atoms with E-state index in [1.807, 2.05) is 62.4 Å². The highest BCUT2D eigenvalue weighted by molar-refractivity contribution is 7.89. The third-order valence-corrected chi connectivity index (χ3v) is 6.49. The molecule has 3 rings (SSSR count). The van der Waals surface area contributed by atoms with Crippen molar-refractivity contribution in [1.82, 2.24) is 4.72 Å². The fourth-order valence-corrected chi connectivity index (χ4v) is 5.01. The number of methoxy groups -OCH3 is 1. The highest BCUT2D eigenvalue weighted by Crippen LogP contribution is 2.25. The van der Waals surface area contributed by atoms with Crippen LogP contribution in [-0.4, -0.2) is 27.5 Å². The van der Waals surface area contributed by atoms with Gasteiger partial charge in [-0.1, -0.05) is 42.5 Å². The molecule has 0 fully saturated rings. The summed E-state index contributed by atoms with van der Waals surface area (Å²) < 4.78 is 34.4. The number of anilines is 1. The lowest BCUT2D eigenvalue weighted by molar-refractivity contribution is -0.117. The van der Waals surface area contributed by atoms with Crippen LogP contribution in [0.1, 0.15) is 22.3 Å². The lowest BCUT2D eigenvalue weighted by Crippen LogP contribution is -2.45. The van der Waals surface area contributed by atoms with Crippen molar-refractivity contribution in [2.24, 2.45) is 0 Å². The van der Waals surface area contributed by atoms with Gasteiger partial charge in [0, 0.05) is 5.69 Å². The summed E-state index contributed by atoms with van der Waals surface area (Å²) in [5.74, 6) is -0.217. The topological polar surface area (TPSA) is 84.5 Å². The molecule has 0 heterocycles. The van der Waals surface area contributed by atoms with E-state index in [4.69, 9.17) is 4.74 Å². The number of ether oxygens (including phenoxy) is 1. The second-order valence-corrected chi connectivity index (χ2v) is 9.57. The van der Waals surface area contributed by atoms with Crippen LogP contribution < -0.4 is 14.8 Å². The van der Waals surface area contributed by atoms with E-state index in [0.29, 0.717) is 5.69 Å². The molecule has 0 saturated heterocycles. The number of sulfonamides is 1. The first-order valence-corrected chi connectivity index (χ1v) is 11.8. The van der Waals surface area contributed by atoms with Crippen LogP contribution in [-0.2, 0) is 21.2 Å². The van der Waals surface area contributed by atoms with Crippen molar-refractivity contribution in [2.45, 2.75) is 38.1 Å². The standard InChI is InChI=1S/C25H28N2O4S/c1-17-10-11-23(31-4)24(15-17)32(29,30)27-22(16-20-8-6-5-7-9-20)25(28)26-21-13-18(2)12-19(3)14-21/h5-15,22,27H,16H2,1-4H3,(H,26,28)/t22-/m1/s1. The number of rotatable bonds is 8. The molecule has 0 aromatic heterocycles. The van der Waals surface area contributed by atoms with Gasteiger partial charge in [0.15, 0.2) is 0 Å². The Morgan fingerprint density at radius 2 is 1.56 bits per heavy atom.